The van der Waals surface area contributed by atoms with Gasteiger partial charge in [-0.1, -0.05) is 25.7 Å². The monoisotopic (exact) mass is 839 g/mol. The van der Waals surface area contributed by atoms with Crippen molar-refractivity contribution in [2.75, 3.05) is 11.3 Å². The van der Waals surface area contributed by atoms with Gasteiger partial charge in [-0.05, 0) is 29.2 Å². The van der Waals surface area contributed by atoms with Gasteiger partial charge in [0, 0.05) is 6.54 Å². The van der Waals surface area contributed by atoms with Crippen molar-refractivity contribution in [3.8, 4) is 17.3 Å². The number of rotatable bonds is 14. The van der Waals surface area contributed by atoms with E-state index in [1.165, 1.54) is 35.0 Å². The SMILES string of the molecule is Cc1ccc(C)n1-c1ccc(C(O)CN[I-][C@@H]2CCc3cc(S(=O)(=O)Nc4ccc(-n5nnn(CCCC6CCCC6)c5=O)cc4)ccc3O2)cn1. The number of aromatic nitrogens is 6. The third-order valence-corrected chi connectivity index (χ3v) is 13.7. The van der Waals surface area contributed by atoms with E-state index in [9.17, 15) is 18.3 Å². The topological polar surface area (TPSA) is 158 Å². The van der Waals surface area contributed by atoms with E-state index in [1.807, 2.05) is 26.0 Å². The average molecular weight is 840 g/mol. The number of aryl methyl sites for hydroxylation is 4. The van der Waals surface area contributed by atoms with Crippen LogP contribution in [-0.2, 0) is 23.0 Å². The van der Waals surface area contributed by atoms with Gasteiger partial charge in [-0.25, -0.2) is 4.79 Å². The molecule has 3 N–H and O–H groups in total. The number of ether oxygens (including phenoxy) is 1. The van der Waals surface area contributed by atoms with Crippen molar-refractivity contribution in [1.82, 2.24) is 32.9 Å². The molecule has 0 amide bonds. The van der Waals surface area contributed by atoms with Crippen LogP contribution in [0.3, 0.4) is 0 Å². The fraction of sp³-hybridized carbons (Fsp3) is 0.405. The Hall–Kier alpha value is -4.06. The van der Waals surface area contributed by atoms with E-state index in [2.05, 4.69) is 40.4 Å². The Morgan fingerprint density at radius 1 is 0.981 bits per heavy atom. The number of halogens is 1. The normalized spacial score (nSPS) is 16.9. The van der Waals surface area contributed by atoms with Crippen molar-refractivity contribution in [2.45, 2.75) is 86.9 Å². The van der Waals surface area contributed by atoms with Gasteiger partial charge in [-0.2, -0.15) is 9.36 Å². The summed E-state index contributed by atoms with van der Waals surface area (Å²) in [7, 11) is -3.88. The van der Waals surface area contributed by atoms with Crippen molar-refractivity contribution in [1.29, 1.82) is 0 Å². The number of nitrogens with one attached hydrogen (secondary N) is 2. The number of alkyl halides is 1. The van der Waals surface area contributed by atoms with E-state index in [0.29, 0.717) is 36.6 Å². The van der Waals surface area contributed by atoms with Crippen LogP contribution in [0.4, 0.5) is 5.69 Å². The summed E-state index contributed by atoms with van der Waals surface area (Å²) in [6, 6.07) is 19.4. The molecular weight excluding hydrogens is 795 g/mol. The van der Waals surface area contributed by atoms with E-state index < -0.39 is 37.6 Å². The van der Waals surface area contributed by atoms with Gasteiger partial charge in [0.05, 0.1) is 0 Å². The Kier molecular flexibility index (Phi) is 11.1. The van der Waals surface area contributed by atoms with Crippen LogP contribution < -0.4 is 40.2 Å². The minimum absolute atomic E-state index is 0.0104. The number of nitrogens with zero attached hydrogens (tertiary/aromatic N) is 6. The van der Waals surface area contributed by atoms with Crippen LogP contribution in [0.1, 0.15) is 73.6 Å². The molecule has 2 atom stereocenters. The molecule has 3 aromatic heterocycles. The number of anilines is 1. The van der Waals surface area contributed by atoms with Crippen LogP contribution in [0.2, 0.25) is 0 Å². The number of hydrogen-bond acceptors (Lipinski definition) is 9. The van der Waals surface area contributed by atoms with Gasteiger partial charge in [-0.15, -0.1) is 0 Å². The van der Waals surface area contributed by atoms with Crippen LogP contribution in [0, 0.1) is 19.8 Å². The van der Waals surface area contributed by atoms with E-state index in [1.54, 1.807) is 48.7 Å². The molecule has 1 aliphatic carbocycles. The van der Waals surface area contributed by atoms with Gasteiger partial charge in [-0.3, -0.25) is 0 Å². The van der Waals surface area contributed by atoms with Crippen LogP contribution in [0.15, 0.2) is 82.6 Å². The molecule has 0 radical (unpaired) electrons. The molecule has 1 fully saturated rings. The van der Waals surface area contributed by atoms with Crippen molar-refractivity contribution in [3.63, 3.8) is 0 Å². The molecule has 2 aromatic carbocycles. The number of hydrogen-bond donors (Lipinski definition) is 3. The Labute approximate surface area is 314 Å². The zero-order chi connectivity index (χ0) is 36.2. The number of fused-ring (bicyclic) bond motifs is 1. The number of sulfonamides is 1. The van der Waals surface area contributed by atoms with Crippen LogP contribution >= 0.6 is 0 Å². The summed E-state index contributed by atoms with van der Waals surface area (Å²) < 4.78 is 43.6. The Morgan fingerprint density at radius 2 is 1.75 bits per heavy atom. The van der Waals surface area contributed by atoms with Gasteiger partial charge < -0.3 is 0 Å². The summed E-state index contributed by atoms with van der Waals surface area (Å²) in [5.74, 6) is 2.25. The van der Waals surface area contributed by atoms with Gasteiger partial charge >= 0.3 is 240 Å². The molecule has 0 saturated heterocycles. The first-order valence-electron chi connectivity index (χ1n) is 17.7. The molecule has 7 rings (SSSR count). The second-order valence-electron chi connectivity index (χ2n) is 13.5. The first kappa shape index (κ1) is 36.3. The Morgan fingerprint density at radius 3 is 2.48 bits per heavy atom. The molecule has 4 heterocycles. The summed E-state index contributed by atoms with van der Waals surface area (Å²) in [6.07, 6.45) is 9.60. The number of aliphatic hydroxyl groups excluding tert-OH is 1. The molecule has 1 aliphatic heterocycles. The minimum atomic E-state index is -3.88. The molecule has 1 saturated carbocycles. The first-order chi connectivity index (χ1) is 25.1. The van der Waals surface area contributed by atoms with Crippen LogP contribution in [-0.4, -0.2) is 53.5 Å². The van der Waals surface area contributed by atoms with E-state index in [0.717, 1.165) is 53.5 Å². The van der Waals surface area contributed by atoms with Gasteiger partial charge in [0.25, 0.3) is 0 Å². The quantitative estimate of drug-likeness (QED) is 0.0865. The summed E-state index contributed by atoms with van der Waals surface area (Å²) in [5, 5.41) is 18.8. The summed E-state index contributed by atoms with van der Waals surface area (Å²) >= 11 is -0.603. The maximum atomic E-state index is 13.3. The number of tetrazole rings is 1. The van der Waals surface area contributed by atoms with Crippen molar-refractivity contribution in [3.05, 3.63) is 106 Å². The molecule has 52 heavy (non-hydrogen) atoms. The predicted octanol–water partition coefficient (Wildman–Crippen LogP) is 1.98. The second kappa shape index (κ2) is 15.9. The molecule has 2 aliphatic rings. The third kappa shape index (κ3) is 8.27. The van der Waals surface area contributed by atoms with Crippen LogP contribution in [0.5, 0.6) is 5.75 Å². The van der Waals surface area contributed by atoms with Crippen molar-refractivity contribution < 1.29 is 39.7 Å². The fourth-order valence-corrected chi connectivity index (χ4v) is 10.2. The molecule has 0 spiro atoms. The Balaban J connectivity index is 0.895. The van der Waals surface area contributed by atoms with Crippen molar-refractivity contribution >= 4 is 15.7 Å². The van der Waals surface area contributed by atoms with E-state index in [-0.39, 0.29) is 14.7 Å². The van der Waals surface area contributed by atoms with E-state index >= 15 is 0 Å². The van der Waals surface area contributed by atoms with Gasteiger partial charge in [0.15, 0.2) is 0 Å². The third-order valence-electron chi connectivity index (χ3n) is 9.82. The standard InChI is InChI=1S/C37H44IN8O5S/c1-25-9-10-26(2)45(25)36-20-12-29(23-39-36)33(47)24-40-38-35-19-11-28-22-32(17-18-34(28)51-35)52(49,50)41-30-13-15-31(16-14-30)46-37(48)44(42-43-46)21-5-8-27-6-3-4-7-27/h9-10,12-18,20,22-23,27,33,35,40-41,47H,3-8,11,19,21,24H2,1-2H3/q-1/t33?,35-/m0/s1. The molecule has 0 bridgehead atoms. The molecule has 5 aromatic rings. The number of aliphatic hydroxyl groups is 1. The summed E-state index contributed by atoms with van der Waals surface area (Å²) in [5.41, 5.74) is 4.35. The Bertz CT molecular complexity index is 2140. The van der Waals surface area contributed by atoms with Crippen LogP contribution in [0.25, 0.3) is 11.5 Å². The first-order valence-corrected chi connectivity index (χ1v) is 21.6. The molecular formula is C37H44IN8O5S-. The zero-order valence-corrected chi connectivity index (χ0v) is 32.3. The molecule has 1 unspecified atom stereocenters. The average Bonchev–Trinajstić information content (AvgIpc) is 3.89. The van der Waals surface area contributed by atoms with E-state index in [4.69, 9.17) is 4.74 Å². The number of pyridine rings is 1. The maximum absolute atomic E-state index is 13.3. The fourth-order valence-electron chi connectivity index (χ4n) is 6.94. The van der Waals surface area contributed by atoms with Gasteiger partial charge in [0.2, 0.25) is 0 Å². The second-order valence-corrected chi connectivity index (χ2v) is 18.0. The zero-order valence-electron chi connectivity index (χ0n) is 29.3. The molecule has 276 valence electrons. The van der Waals surface area contributed by atoms with Gasteiger partial charge in [0.1, 0.15) is 0 Å². The molecule has 15 heteroatoms. The molecule has 13 nitrogen and oxygen atoms in total. The number of benzene rings is 2. The van der Waals surface area contributed by atoms with Crippen molar-refractivity contribution in [2.24, 2.45) is 5.92 Å². The predicted molar refractivity (Wildman–Crippen MR) is 193 cm³/mol. The summed E-state index contributed by atoms with van der Waals surface area (Å²) in [6.45, 7) is 5.00. The summed E-state index contributed by atoms with van der Waals surface area (Å²) in [4.78, 5) is 17.6.